The number of hydrogen-bond acceptors (Lipinski definition) is 2. The molecule has 1 unspecified atom stereocenters. The van der Waals surface area contributed by atoms with Crippen molar-refractivity contribution in [2.75, 3.05) is 0 Å². The number of aryl methyl sites for hydroxylation is 1. The first-order valence-electron chi connectivity index (χ1n) is 17.4. The highest BCUT2D eigenvalue weighted by Crippen LogP contribution is 2.62. The molecule has 0 bridgehead atoms. The van der Waals surface area contributed by atoms with Crippen molar-refractivity contribution in [2.24, 2.45) is 0 Å². The number of hydrogen-bond donors (Lipinski definition) is 0. The van der Waals surface area contributed by atoms with Crippen molar-refractivity contribution in [2.45, 2.75) is 26.2 Å². The Morgan fingerprint density at radius 3 is 1.84 bits per heavy atom. The Balaban J connectivity index is 1.22. The van der Waals surface area contributed by atoms with Gasteiger partial charge in [0.05, 0.1) is 16.8 Å². The Kier molecular flexibility index (Phi) is 7.07. The number of allylic oxidation sites excluding steroid dienone is 4. The van der Waals surface area contributed by atoms with Crippen molar-refractivity contribution >= 4 is 5.57 Å². The molecule has 2 heteroatoms. The molecule has 1 atom stereocenters. The fourth-order valence-corrected chi connectivity index (χ4v) is 8.29. The van der Waals surface area contributed by atoms with Gasteiger partial charge in [0.1, 0.15) is 0 Å². The number of nitrogens with zero attached hydrogens (tertiary/aromatic N) is 2. The molecule has 7 aromatic rings. The van der Waals surface area contributed by atoms with Crippen molar-refractivity contribution in [3.8, 4) is 56.2 Å². The minimum absolute atomic E-state index is 0.372. The van der Waals surface area contributed by atoms with Crippen LogP contribution in [0.1, 0.15) is 41.7 Å². The van der Waals surface area contributed by atoms with E-state index in [1.54, 1.807) is 0 Å². The molecule has 1 heterocycles. The number of aromatic nitrogens is 2. The van der Waals surface area contributed by atoms with Gasteiger partial charge in [-0.2, -0.15) is 0 Å². The van der Waals surface area contributed by atoms with Gasteiger partial charge in [-0.1, -0.05) is 145 Å². The lowest BCUT2D eigenvalue weighted by molar-refractivity contribution is 0.786. The Hall–Kier alpha value is -6.12. The van der Waals surface area contributed by atoms with E-state index in [9.17, 15) is 0 Å². The molecule has 2 aliphatic rings. The monoisotopic (exact) mass is 640 g/mol. The van der Waals surface area contributed by atoms with Gasteiger partial charge in [0.2, 0.25) is 0 Å². The van der Waals surface area contributed by atoms with Crippen LogP contribution in [0.15, 0.2) is 169 Å². The van der Waals surface area contributed by atoms with Gasteiger partial charge >= 0.3 is 0 Å². The van der Waals surface area contributed by atoms with Crippen LogP contribution in [0.4, 0.5) is 0 Å². The lowest BCUT2D eigenvalue weighted by Gasteiger charge is -2.32. The molecule has 50 heavy (non-hydrogen) atoms. The standard InChI is InChI=1S/C48H36N2/c1-4-14-41-32(3)38-21-8-10-23-42(38)48(41)43-24-11-9-22-39(43)40-26-25-35(29-44(40)48)34-18-13-20-37(28-34)47-49-45(33-16-6-5-7-17-33)30-46(50-47)36-19-12-15-31(2)27-36/h4-30H,1-3H3/b14-4-. The van der Waals surface area contributed by atoms with E-state index in [0.29, 0.717) is 5.82 Å². The molecule has 0 aliphatic heterocycles. The number of fused-ring (bicyclic) bond motifs is 7. The van der Waals surface area contributed by atoms with Crippen LogP contribution in [0.5, 0.6) is 0 Å². The summed E-state index contributed by atoms with van der Waals surface area (Å²) in [6.07, 6.45) is 4.52. The lowest BCUT2D eigenvalue weighted by Crippen LogP contribution is -2.26. The van der Waals surface area contributed by atoms with Gasteiger partial charge < -0.3 is 0 Å². The summed E-state index contributed by atoms with van der Waals surface area (Å²) < 4.78 is 0. The zero-order valence-electron chi connectivity index (χ0n) is 28.5. The first-order valence-corrected chi connectivity index (χ1v) is 17.4. The van der Waals surface area contributed by atoms with Gasteiger partial charge in [0.15, 0.2) is 5.82 Å². The topological polar surface area (TPSA) is 25.8 Å². The van der Waals surface area contributed by atoms with E-state index in [1.807, 2.05) is 6.07 Å². The molecule has 0 radical (unpaired) electrons. The molecule has 1 aromatic heterocycles. The first-order chi connectivity index (χ1) is 24.6. The molecule has 2 aliphatic carbocycles. The molecule has 0 fully saturated rings. The minimum Gasteiger partial charge on any atom is -0.228 e. The second kappa shape index (κ2) is 11.8. The van der Waals surface area contributed by atoms with E-state index in [2.05, 4.69) is 179 Å². The zero-order valence-corrected chi connectivity index (χ0v) is 28.5. The summed E-state index contributed by atoms with van der Waals surface area (Å²) in [4.78, 5) is 10.3. The van der Waals surface area contributed by atoms with Crippen molar-refractivity contribution in [3.05, 3.63) is 197 Å². The van der Waals surface area contributed by atoms with E-state index in [1.165, 1.54) is 55.7 Å². The highest BCUT2D eigenvalue weighted by atomic mass is 14.9. The fourth-order valence-electron chi connectivity index (χ4n) is 8.29. The van der Waals surface area contributed by atoms with Crippen LogP contribution >= 0.6 is 0 Å². The van der Waals surface area contributed by atoms with E-state index < -0.39 is 0 Å². The highest BCUT2D eigenvalue weighted by Gasteiger charge is 2.51. The highest BCUT2D eigenvalue weighted by molar-refractivity contribution is 5.96. The first kappa shape index (κ1) is 30.0. The van der Waals surface area contributed by atoms with Gasteiger partial charge in [0, 0.05) is 16.7 Å². The summed E-state index contributed by atoms with van der Waals surface area (Å²) in [6.45, 7) is 6.53. The molecular weight excluding hydrogens is 605 g/mol. The van der Waals surface area contributed by atoms with Gasteiger partial charge in [-0.3, -0.25) is 0 Å². The lowest BCUT2D eigenvalue weighted by atomic mass is 9.69. The minimum atomic E-state index is -0.372. The summed E-state index contributed by atoms with van der Waals surface area (Å²) in [5, 5.41) is 0. The average Bonchev–Trinajstić information content (AvgIpc) is 3.60. The van der Waals surface area contributed by atoms with Crippen LogP contribution in [0.2, 0.25) is 0 Å². The molecule has 238 valence electrons. The van der Waals surface area contributed by atoms with Gasteiger partial charge in [-0.05, 0) is 101 Å². The van der Waals surface area contributed by atoms with Crippen LogP contribution in [-0.2, 0) is 5.41 Å². The normalized spacial score (nSPS) is 15.8. The molecule has 2 nitrogen and oxygen atoms in total. The Bertz CT molecular complexity index is 2520. The second-order valence-electron chi connectivity index (χ2n) is 13.4. The summed E-state index contributed by atoms with van der Waals surface area (Å²) in [5.74, 6) is 0.716. The number of rotatable bonds is 5. The smallest absolute Gasteiger partial charge is 0.160 e. The van der Waals surface area contributed by atoms with Gasteiger partial charge in [0.25, 0.3) is 0 Å². The predicted molar refractivity (Wildman–Crippen MR) is 208 cm³/mol. The van der Waals surface area contributed by atoms with Crippen LogP contribution in [0, 0.1) is 6.92 Å². The molecule has 0 saturated heterocycles. The zero-order chi connectivity index (χ0) is 33.8. The SMILES string of the molecule is C/C=C\C1=C(C)c2ccccc2C12c1ccccc1-c1ccc(-c3cccc(-c4nc(-c5ccccc5)cc(-c5cccc(C)c5)n4)c3)cc12. The van der Waals surface area contributed by atoms with Gasteiger partial charge in [-0.25, -0.2) is 9.97 Å². The quantitative estimate of drug-likeness (QED) is 0.187. The third-order valence-electron chi connectivity index (χ3n) is 10.5. The Labute approximate surface area is 294 Å². The molecule has 0 amide bonds. The molecular formula is C48H36N2. The van der Waals surface area contributed by atoms with E-state index in [4.69, 9.17) is 9.97 Å². The van der Waals surface area contributed by atoms with Crippen LogP contribution in [0.3, 0.4) is 0 Å². The van der Waals surface area contributed by atoms with Crippen molar-refractivity contribution in [3.63, 3.8) is 0 Å². The largest absolute Gasteiger partial charge is 0.228 e. The summed E-state index contributed by atoms with van der Waals surface area (Å²) >= 11 is 0. The summed E-state index contributed by atoms with van der Waals surface area (Å²) in [7, 11) is 0. The molecule has 9 rings (SSSR count). The Morgan fingerprint density at radius 2 is 1.06 bits per heavy atom. The molecule has 0 N–H and O–H groups in total. The summed E-state index contributed by atoms with van der Waals surface area (Å²) in [6, 6.07) is 54.7. The average molecular weight is 641 g/mol. The number of benzene rings is 6. The van der Waals surface area contributed by atoms with E-state index in [0.717, 1.165) is 33.6 Å². The van der Waals surface area contributed by atoms with E-state index >= 15 is 0 Å². The third-order valence-corrected chi connectivity index (χ3v) is 10.5. The van der Waals surface area contributed by atoms with Crippen LogP contribution in [-0.4, -0.2) is 9.97 Å². The van der Waals surface area contributed by atoms with Crippen molar-refractivity contribution in [1.82, 2.24) is 9.97 Å². The summed E-state index contributed by atoms with van der Waals surface area (Å²) in [5.41, 5.74) is 18.8. The fraction of sp³-hybridized carbons (Fsp3) is 0.0833. The third kappa shape index (κ3) is 4.56. The maximum atomic E-state index is 5.16. The maximum absolute atomic E-state index is 5.16. The van der Waals surface area contributed by atoms with Gasteiger partial charge in [-0.15, -0.1) is 0 Å². The second-order valence-corrected chi connectivity index (χ2v) is 13.4. The van der Waals surface area contributed by atoms with Crippen molar-refractivity contribution in [1.29, 1.82) is 0 Å². The predicted octanol–water partition coefficient (Wildman–Crippen LogP) is 12.1. The van der Waals surface area contributed by atoms with Crippen LogP contribution in [0.25, 0.3) is 61.7 Å². The maximum Gasteiger partial charge on any atom is 0.160 e. The molecule has 6 aromatic carbocycles. The molecule has 0 saturated carbocycles. The Morgan fingerprint density at radius 1 is 0.460 bits per heavy atom. The molecule has 1 spiro atoms. The van der Waals surface area contributed by atoms with Crippen LogP contribution < -0.4 is 0 Å². The van der Waals surface area contributed by atoms with E-state index in [-0.39, 0.29) is 5.41 Å². The van der Waals surface area contributed by atoms with Crippen molar-refractivity contribution < 1.29 is 0 Å².